The fraction of sp³-hybridized carbons (Fsp3) is 0. The molecule has 0 fully saturated rings. The summed E-state index contributed by atoms with van der Waals surface area (Å²) in [6, 6.07) is 80.6. The van der Waals surface area contributed by atoms with Crippen LogP contribution in [0.5, 0.6) is 0 Å². The predicted octanol–water partition coefficient (Wildman–Crippen LogP) is 16.0. The van der Waals surface area contributed by atoms with Gasteiger partial charge in [0, 0.05) is 27.7 Å². The van der Waals surface area contributed by atoms with Crippen LogP contribution in [0.3, 0.4) is 0 Å². The van der Waals surface area contributed by atoms with Crippen LogP contribution >= 0.6 is 0 Å². The van der Waals surface area contributed by atoms with Crippen molar-refractivity contribution in [2.24, 2.45) is 0 Å². The molecule has 11 rings (SSSR count). The van der Waals surface area contributed by atoms with E-state index in [0.717, 1.165) is 61.6 Å². The van der Waals surface area contributed by atoms with E-state index in [1.807, 2.05) is 12.1 Å². The summed E-state index contributed by atoms with van der Waals surface area (Å²) in [5.41, 5.74) is 12.3. The lowest BCUT2D eigenvalue weighted by Crippen LogP contribution is -2.10. The van der Waals surface area contributed by atoms with Crippen molar-refractivity contribution in [3.63, 3.8) is 0 Å². The van der Waals surface area contributed by atoms with Gasteiger partial charge in [0.2, 0.25) is 0 Å². The Hall–Kier alpha value is -7.68. The van der Waals surface area contributed by atoms with Crippen LogP contribution in [0.2, 0.25) is 0 Å². The molecule has 58 heavy (non-hydrogen) atoms. The summed E-state index contributed by atoms with van der Waals surface area (Å²) in [5.74, 6) is 0.862. The SMILES string of the molecule is c1ccc(-c2ccc(-c3ccc(N(c4ccc(-c5cc6ccccc6c6ccccc56)cc4)c4cccc5ccccc45)cc3)cc2-c2cc3ccccc3o2)cc1. The van der Waals surface area contributed by atoms with Gasteiger partial charge in [0.25, 0.3) is 0 Å². The van der Waals surface area contributed by atoms with Gasteiger partial charge in [-0.25, -0.2) is 0 Å². The molecule has 0 unspecified atom stereocenters. The monoisotopic (exact) mass is 739 g/mol. The third kappa shape index (κ3) is 5.91. The summed E-state index contributed by atoms with van der Waals surface area (Å²) in [4.78, 5) is 2.38. The normalized spacial score (nSPS) is 11.4. The van der Waals surface area contributed by atoms with Gasteiger partial charge in [0.15, 0.2) is 0 Å². The molecule has 0 atom stereocenters. The average Bonchev–Trinajstić information content (AvgIpc) is 3.74. The lowest BCUT2D eigenvalue weighted by Gasteiger charge is -2.27. The Balaban J connectivity index is 1.01. The van der Waals surface area contributed by atoms with Gasteiger partial charge in [-0.1, -0.05) is 170 Å². The summed E-state index contributed by atoms with van der Waals surface area (Å²) < 4.78 is 6.46. The van der Waals surface area contributed by atoms with E-state index in [0.29, 0.717) is 0 Å². The molecule has 272 valence electrons. The molecule has 0 amide bonds. The van der Waals surface area contributed by atoms with E-state index < -0.39 is 0 Å². The highest BCUT2D eigenvalue weighted by Gasteiger charge is 2.18. The predicted molar refractivity (Wildman–Crippen MR) is 245 cm³/mol. The highest BCUT2D eigenvalue weighted by molar-refractivity contribution is 6.14. The third-order valence-corrected chi connectivity index (χ3v) is 11.5. The van der Waals surface area contributed by atoms with Crippen LogP contribution in [0.25, 0.3) is 88.0 Å². The second-order valence-corrected chi connectivity index (χ2v) is 14.9. The molecule has 2 heteroatoms. The molecule has 0 aliphatic carbocycles. The first kappa shape index (κ1) is 33.6. The average molecular weight is 740 g/mol. The first-order chi connectivity index (χ1) is 28.7. The van der Waals surface area contributed by atoms with E-state index in [1.54, 1.807) is 0 Å². The van der Waals surface area contributed by atoms with Crippen molar-refractivity contribution in [1.29, 1.82) is 0 Å². The molecule has 1 heterocycles. The van der Waals surface area contributed by atoms with Crippen molar-refractivity contribution in [3.05, 3.63) is 224 Å². The standard InChI is InChI=1S/C56H37NO/c1-2-13-39(14-3-1)48-34-29-42(35-53(48)56-37-44-17-6-11-24-55(44)58-56)38-25-30-45(31-26-38)57(54-23-12-18-40-15-4-8-20-49(40)54)46-32-27-41(28-33-46)52-36-43-16-5-7-19-47(43)50-21-9-10-22-51(50)52/h1-37H. The van der Waals surface area contributed by atoms with Crippen LogP contribution in [0, 0.1) is 0 Å². The summed E-state index contributed by atoms with van der Waals surface area (Å²) in [6.45, 7) is 0. The summed E-state index contributed by atoms with van der Waals surface area (Å²) in [6.07, 6.45) is 0. The minimum atomic E-state index is 0.862. The maximum absolute atomic E-state index is 6.46. The molecule has 11 aromatic rings. The van der Waals surface area contributed by atoms with E-state index in [9.17, 15) is 0 Å². The first-order valence-electron chi connectivity index (χ1n) is 19.8. The van der Waals surface area contributed by atoms with Crippen LogP contribution in [-0.2, 0) is 0 Å². The van der Waals surface area contributed by atoms with Crippen LogP contribution in [-0.4, -0.2) is 0 Å². The molecule has 1 aromatic heterocycles. The zero-order valence-corrected chi connectivity index (χ0v) is 31.7. The molecule has 0 radical (unpaired) electrons. The second-order valence-electron chi connectivity index (χ2n) is 14.9. The smallest absolute Gasteiger partial charge is 0.136 e. The van der Waals surface area contributed by atoms with Crippen molar-refractivity contribution in [1.82, 2.24) is 0 Å². The minimum absolute atomic E-state index is 0.862. The molecule has 10 aromatic carbocycles. The molecule has 0 saturated heterocycles. The number of rotatable bonds is 7. The molecule has 0 aliphatic heterocycles. The maximum Gasteiger partial charge on any atom is 0.136 e. The van der Waals surface area contributed by atoms with E-state index in [4.69, 9.17) is 4.42 Å². The molecular weight excluding hydrogens is 703 g/mol. The zero-order valence-electron chi connectivity index (χ0n) is 31.7. The van der Waals surface area contributed by atoms with Crippen molar-refractivity contribution in [2.45, 2.75) is 0 Å². The summed E-state index contributed by atoms with van der Waals surface area (Å²) in [5, 5.41) is 8.56. The van der Waals surface area contributed by atoms with Crippen molar-refractivity contribution >= 4 is 60.3 Å². The van der Waals surface area contributed by atoms with Gasteiger partial charge in [-0.15, -0.1) is 0 Å². The van der Waals surface area contributed by atoms with Gasteiger partial charge >= 0.3 is 0 Å². The molecule has 0 aliphatic rings. The lowest BCUT2D eigenvalue weighted by molar-refractivity contribution is 0.632. The van der Waals surface area contributed by atoms with Gasteiger partial charge in [0.05, 0.1) is 5.69 Å². The number of hydrogen-bond donors (Lipinski definition) is 0. The number of nitrogens with zero attached hydrogens (tertiary/aromatic N) is 1. The Bertz CT molecular complexity index is 3230. The quantitative estimate of drug-likeness (QED) is 0.151. The van der Waals surface area contributed by atoms with Gasteiger partial charge in [-0.3, -0.25) is 0 Å². The molecule has 0 bridgehead atoms. The zero-order chi connectivity index (χ0) is 38.4. The van der Waals surface area contributed by atoms with Gasteiger partial charge in [0.1, 0.15) is 11.3 Å². The topological polar surface area (TPSA) is 16.4 Å². The fourth-order valence-electron chi connectivity index (χ4n) is 8.63. The number of furan rings is 1. The highest BCUT2D eigenvalue weighted by Crippen LogP contribution is 2.43. The Morgan fingerprint density at radius 2 is 0.862 bits per heavy atom. The Morgan fingerprint density at radius 3 is 1.62 bits per heavy atom. The van der Waals surface area contributed by atoms with Crippen LogP contribution in [0.1, 0.15) is 0 Å². The highest BCUT2D eigenvalue weighted by atomic mass is 16.3. The Labute approximate surface area is 337 Å². The van der Waals surface area contributed by atoms with Gasteiger partial charge in [-0.2, -0.15) is 0 Å². The second kappa shape index (κ2) is 14.1. The van der Waals surface area contributed by atoms with Crippen molar-refractivity contribution in [3.8, 4) is 44.7 Å². The van der Waals surface area contributed by atoms with Crippen LogP contribution in [0.15, 0.2) is 229 Å². The third-order valence-electron chi connectivity index (χ3n) is 11.5. The number of fused-ring (bicyclic) bond motifs is 5. The van der Waals surface area contributed by atoms with Crippen molar-refractivity contribution < 1.29 is 4.42 Å². The van der Waals surface area contributed by atoms with Crippen LogP contribution in [0.4, 0.5) is 17.1 Å². The minimum Gasteiger partial charge on any atom is -0.456 e. The Kier molecular flexibility index (Phi) is 8.19. The molecule has 0 spiro atoms. The van der Waals surface area contributed by atoms with Crippen molar-refractivity contribution in [2.75, 3.05) is 4.90 Å². The summed E-state index contributed by atoms with van der Waals surface area (Å²) >= 11 is 0. The maximum atomic E-state index is 6.46. The van der Waals surface area contributed by atoms with Gasteiger partial charge in [-0.05, 0) is 115 Å². The number of para-hydroxylation sites is 1. The van der Waals surface area contributed by atoms with E-state index >= 15 is 0 Å². The van der Waals surface area contributed by atoms with E-state index in [2.05, 4.69) is 217 Å². The number of anilines is 3. The van der Waals surface area contributed by atoms with Gasteiger partial charge < -0.3 is 9.32 Å². The number of hydrogen-bond acceptors (Lipinski definition) is 2. The molecule has 0 saturated carbocycles. The summed E-state index contributed by atoms with van der Waals surface area (Å²) in [7, 11) is 0. The Morgan fingerprint density at radius 1 is 0.293 bits per heavy atom. The van der Waals surface area contributed by atoms with Crippen LogP contribution < -0.4 is 4.90 Å². The molecule has 2 nitrogen and oxygen atoms in total. The lowest BCUT2D eigenvalue weighted by atomic mass is 9.93. The largest absolute Gasteiger partial charge is 0.456 e. The molecular formula is C56H37NO. The molecule has 0 N–H and O–H groups in total. The van der Waals surface area contributed by atoms with E-state index in [1.165, 1.54) is 43.4 Å². The first-order valence-corrected chi connectivity index (χ1v) is 19.8. The number of benzene rings is 10. The van der Waals surface area contributed by atoms with E-state index in [-0.39, 0.29) is 0 Å². The fourth-order valence-corrected chi connectivity index (χ4v) is 8.63.